The summed E-state index contributed by atoms with van der Waals surface area (Å²) < 4.78 is 0. The Kier molecular flexibility index (Phi) is 5.12. The van der Waals surface area contributed by atoms with Crippen LogP contribution in [0, 0.1) is 10.1 Å². The number of carbonyl (C=O) groups is 2. The van der Waals surface area contributed by atoms with E-state index in [1.54, 1.807) is 6.26 Å². The standard InChI is InChI=1S/C10H11N3O4S/c1-18-6-9(14)11-12-10(15)7-2-4-8(5-3-7)13(16)17/h2-5H,6H2,1H3,(H,11,14)(H,12,15). The van der Waals surface area contributed by atoms with E-state index >= 15 is 0 Å². The number of benzene rings is 1. The van der Waals surface area contributed by atoms with Gasteiger partial charge in [-0.3, -0.25) is 30.6 Å². The number of nitro benzene ring substituents is 1. The molecule has 0 aromatic heterocycles. The van der Waals surface area contributed by atoms with Gasteiger partial charge < -0.3 is 0 Å². The first-order valence-electron chi connectivity index (χ1n) is 4.87. The van der Waals surface area contributed by atoms with Crippen molar-refractivity contribution in [3.05, 3.63) is 39.9 Å². The quantitative estimate of drug-likeness (QED) is 0.619. The van der Waals surface area contributed by atoms with E-state index in [0.717, 1.165) is 0 Å². The average molecular weight is 269 g/mol. The Labute approximate surface area is 107 Å². The van der Waals surface area contributed by atoms with E-state index in [9.17, 15) is 19.7 Å². The molecule has 96 valence electrons. The van der Waals surface area contributed by atoms with E-state index in [4.69, 9.17) is 0 Å². The number of nitrogens with one attached hydrogen (secondary N) is 2. The van der Waals surface area contributed by atoms with Crippen molar-refractivity contribution in [3.63, 3.8) is 0 Å². The Morgan fingerprint density at radius 2 is 1.89 bits per heavy atom. The maximum absolute atomic E-state index is 11.5. The van der Waals surface area contributed by atoms with Crippen LogP contribution in [-0.4, -0.2) is 28.7 Å². The number of rotatable bonds is 4. The van der Waals surface area contributed by atoms with Crippen molar-refractivity contribution in [2.24, 2.45) is 0 Å². The lowest BCUT2D eigenvalue weighted by atomic mass is 10.2. The molecule has 0 saturated heterocycles. The summed E-state index contributed by atoms with van der Waals surface area (Å²) in [6.45, 7) is 0. The molecule has 0 heterocycles. The highest BCUT2D eigenvalue weighted by Crippen LogP contribution is 2.11. The molecule has 7 nitrogen and oxygen atoms in total. The molecule has 1 aromatic carbocycles. The third-order valence-electron chi connectivity index (χ3n) is 1.93. The molecule has 1 rings (SSSR count). The maximum Gasteiger partial charge on any atom is 0.269 e. The van der Waals surface area contributed by atoms with Crippen LogP contribution in [0.25, 0.3) is 0 Å². The van der Waals surface area contributed by atoms with E-state index in [-0.39, 0.29) is 22.9 Å². The van der Waals surface area contributed by atoms with Gasteiger partial charge in [0.15, 0.2) is 0 Å². The van der Waals surface area contributed by atoms with Crippen molar-refractivity contribution in [2.75, 3.05) is 12.0 Å². The smallest absolute Gasteiger partial charge is 0.269 e. The molecule has 8 heteroatoms. The minimum Gasteiger partial charge on any atom is -0.272 e. The second-order valence-corrected chi connectivity index (χ2v) is 4.11. The predicted octanol–water partition coefficient (Wildman–Crippen LogP) is 0.719. The van der Waals surface area contributed by atoms with Crippen LogP contribution in [0.5, 0.6) is 0 Å². The lowest BCUT2D eigenvalue weighted by molar-refractivity contribution is -0.384. The van der Waals surface area contributed by atoms with Gasteiger partial charge in [-0.05, 0) is 18.4 Å². The lowest BCUT2D eigenvalue weighted by Gasteiger charge is -2.06. The number of amides is 2. The van der Waals surface area contributed by atoms with Gasteiger partial charge >= 0.3 is 0 Å². The summed E-state index contributed by atoms with van der Waals surface area (Å²) in [7, 11) is 0. The fourth-order valence-corrected chi connectivity index (χ4v) is 1.43. The summed E-state index contributed by atoms with van der Waals surface area (Å²) >= 11 is 1.32. The molecule has 18 heavy (non-hydrogen) atoms. The molecular formula is C10H11N3O4S. The zero-order valence-corrected chi connectivity index (χ0v) is 10.3. The molecule has 2 amide bonds. The molecule has 0 aliphatic heterocycles. The lowest BCUT2D eigenvalue weighted by Crippen LogP contribution is -2.42. The maximum atomic E-state index is 11.5. The summed E-state index contributed by atoms with van der Waals surface area (Å²) in [4.78, 5) is 32.5. The van der Waals surface area contributed by atoms with Crippen molar-refractivity contribution < 1.29 is 14.5 Å². The molecule has 2 N–H and O–H groups in total. The van der Waals surface area contributed by atoms with Crippen LogP contribution < -0.4 is 10.9 Å². The van der Waals surface area contributed by atoms with E-state index in [2.05, 4.69) is 10.9 Å². The van der Waals surface area contributed by atoms with E-state index in [1.165, 1.54) is 36.0 Å². The molecule has 0 radical (unpaired) electrons. The highest BCUT2D eigenvalue weighted by Gasteiger charge is 2.09. The molecule has 0 fully saturated rings. The Morgan fingerprint density at radius 1 is 1.28 bits per heavy atom. The number of nitro groups is 1. The second-order valence-electron chi connectivity index (χ2n) is 3.24. The Hall–Kier alpha value is -2.09. The topological polar surface area (TPSA) is 101 Å². The minimum atomic E-state index is -0.554. The number of thioether (sulfide) groups is 1. The van der Waals surface area contributed by atoms with Crippen LogP contribution in [0.2, 0.25) is 0 Å². The molecule has 0 aliphatic rings. The Balaban J connectivity index is 2.56. The molecule has 0 unspecified atom stereocenters. The fourth-order valence-electron chi connectivity index (χ4n) is 1.10. The Morgan fingerprint density at radius 3 is 2.39 bits per heavy atom. The normalized spacial score (nSPS) is 9.61. The molecule has 1 aromatic rings. The first-order chi connectivity index (χ1) is 8.54. The van der Waals surface area contributed by atoms with E-state index in [1.807, 2.05) is 0 Å². The largest absolute Gasteiger partial charge is 0.272 e. The number of hydrazine groups is 1. The van der Waals surface area contributed by atoms with Gasteiger partial charge in [-0.25, -0.2) is 0 Å². The monoisotopic (exact) mass is 269 g/mol. The van der Waals surface area contributed by atoms with Crippen LogP contribution in [0.15, 0.2) is 24.3 Å². The number of nitrogens with zero attached hydrogens (tertiary/aromatic N) is 1. The molecule has 0 saturated carbocycles. The van der Waals surface area contributed by atoms with Crippen molar-refractivity contribution in [1.29, 1.82) is 0 Å². The summed E-state index contributed by atoms with van der Waals surface area (Å²) in [5.41, 5.74) is 4.56. The first-order valence-corrected chi connectivity index (χ1v) is 6.26. The van der Waals surface area contributed by atoms with Gasteiger partial charge in [0, 0.05) is 17.7 Å². The van der Waals surface area contributed by atoms with Crippen LogP contribution in [0.1, 0.15) is 10.4 Å². The summed E-state index contributed by atoms with van der Waals surface area (Å²) in [6, 6.07) is 5.07. The second kappa shape index (κ2) is 6.60. The highest BCUT2D eigenvalue weighted by molar-refractivity contribution is 7.99. The van der Waals surface area contributed by atoms with Gasteiger partial charge in [0.05, 0.1) is 10.7 Å². The third kappa shape index (κ3) is 4.06. The van der Waals surface area contributed by atoms with Gasteiger partial charge in [-0.2, -0.15) is 11.8 Å². The SMILES string of the molecule is CSCC(=O)NNC(=O)c1ccc([N+](=O)[O-])cc1. The summed E-state index contributed by atoms with van der Waals surface area (Å²) in [5.74, 6) is -0.613. The fraction of sp³-hybridized carbons (Fsp3) is 0.200. The molecule has 0 spiro atoms. The molecular weight excluding hydrogens is 258 g/mol. The van der Waals surface area contributed by atoms with E-state index in [0.29, 0.717) is 0 Å². The molecule has 0 atom stereocenters. The van der Waals surface area contributed by atoms with Gasteiger partial charge in [-0.1, -0.05) is 0 Å². The van der Waals surface area contributed by atoms with E-state index < -0.39 is 10.8 Å². The summed E-state index contributed by atoms with van der Waals surface area (Å²) in [5, 5.41) is 10.4. The third-order valence-corrected chi connectivity index (χ3v) is 2.48. The molecule has 0 bridgehead atoms. The minimum absolute atomic E-state index is 0.0991. The number of non-ortho nitro benzene ring substituents is 1. The van der Waals surface area contributed by atoms with Crippen LogP contribution in [-0.2, 0) is 4.79 Å². The van der Waals surface area contributed by atoms with Crippen LogP contribution >= 0.6 is 11.8 Å². The number of carbonyl (C=O) groups excluding carboxylic acids is 2. The van der Waals surface area contributed by atoms with Crippen LogP contribution in [0.3, 0.4) is 0 Å². The Bertz CT molecular complexity index is 461. The first kappa shape index (κ1) is 14.0. The van der Waals surface area contributed by atoms with Gasteiger partial charge in [-0.15, -0.1) is 0 Å². The van der Waals surface area contributed by atoms with Crippen molar-refractivity contribution in [2.45, 2.75) is 0 Å². The number of hydrogen-bond donors (Lipinski definition) is 2. The molecule has 0 aliphatic carbocycles. The van der Waals surface area contributed by atoms with Crippen molar-refractivity contribution in [3.8, 4) is 0 Å². The highest BCUT2D eigenvalue weighted by atomic mass is 32.2. The average Bonchev–Trinajstić information content (AvgIpc) is 2.36. The number of hydrogen-bond acceptors (Lipinski definition) is 5. The van der Waals surface area contributed by atoms with Crippen molar-refractivity contribution >= 4 is 29.3 Å². The predicted molar refractivity (Wildman–Crippen MR) is 67.1 cm³/mol. The summed E-state index contributed by atoms with van der Waals surface area (Å²) in [6.07, 6.45) is 1.76. The zero-order valence-electron chi connectivity index (χ0n) is 9.50. The van der Waals surface area contributed by atoms with Gasteiger partial charge in [0.1, 0.15) is 0 Å². The van der Waals surface area contributed by atoms with Crippen molar-refractivity contribution in [1.82, 2.24) is 10.9 Å². The zero-order chi connectivity index (χ0) is 13.5. The van der Waals surface area contributed by atoms with Gasteiger partial charge in [0.25, 0.3) is 11.6 Å². The van der Waals surface area contributed by atoms with Crippen LogP contribution in [0.4, 0.5) is 5.69 Å². The van der Waals surface area contributed by atoms with Gasteiger partial charge in [0.2, 0.25) is 5.91 Å².